The number of piperazine rings is 1. The molecular weight excluding hydrogens is 323 g/mol. The lowest BCUT2D eigenvalue weighted by Crippen LogP contribution is -2.51. The van der Waals surface area contributed by atoms with Crippen molar-refractivity contribution in [2.45, 2.75) is 18.9 Å². The van der Waals surface area contributed by atoms with Crippen molar-refractivity contribution >= 4 is 16.7 Å². The Hall–Kier alpha value is -1.99. The molecule has 0 N–H and O–H groups in total. The zero-order chi connectivity index (χ0) is 17.2. The third-order valence-electron chi connectivity index (χ3n) is 5.21. The van der Waals surface area contributed by atoms with Crippen LogP contribution in [0.2, 0.25) is 0 Å². The maximum atomic E-state index is 13.9. The lowest BCUT2D eigenvalue weighted by Gasteiger charge is -2.41. The van der Waals surface area contributed by atoms with Crippen molar-refractivity contribution in [2.24, 2.45) is 0 Å². The third-order valence-corrected chi connectivity index (χ3v) is 5.21. The molecule has 4 rings (SSSR count). The van der Waals surface area contributed by atoms with E-state index in [9.17, 15) is 4.39 Å². The molecule has 6 nitrogen and oxygen atoms in total. The molecule has 0 aliphatic carbocycles. The number of hydrogen-bond donors (Lipinski definition) is 0. The lowest BCUT2D eigenvalue weighted by molar-refractivity contribution is 0.0321. The number of aromatic nitrogens is 2. The number of ether oxygens (including phenoxy) is 2. The van der Waals surface area contributed by atoms with E-state index in [-0.39, 0.29) is 5.75 Å². The highest BCUT2D eigenvalue weighted by Crippen LogP contribution is 2.30. The average Bonchev–Trinajstić information content (AvgIpc) is 2.68. The molecule has 2 aliphatic rings. The molecule has 2 aromatic rings. The molecule has 1 aromatic carbocycles. The second-order valence-electron chi connectivity index (χ2n) is 6.57. The van der Waals surface area contributed by atoms with Crippen molar-refractivity contribution < 1.29 is 13.9 Å². The molecule has 0 atom stereocenters. The molecule has 25 heavy (non-hydrogen) atoms. The van der Waals surface area contributed by atoms with E-state index < -0.39 is 5.82 Å². The van der Waals surface area contributed by atoms with Gasteiger partial charge in [-0.25, -0.2) is 14.4 Å². The highest BCUT2D eigenvalue weighted by molar-refractivity contribution is 5.90. The fraction of sp³-hybridized carbons (Fsp3) is 0.556. The van der Waals surface area contributed by atoms with Gasteiger partial charge < -0.3 is 14.4 Å². The van der Waals surface area contributed by atoms with Crippen LogP contribution in [0.3, 0.4) is 0 Å². The van der Waals surface area contributed by atoms with Crippen LogP contribution < -0.4 is 9.64 Å². The number of halogens is 1. The highest BCUT2D eigenvalue weighted by Gasteiger charge is 2.26. The molecule has 2 aliphatic heterocycles. The van der Waals surface area contributed by atoms with Gasteiger partial charge in [0.1, 0.15) is 12.1 Å². The molecule has 2 fully saturated rings. The van der Waals surface area contributed by atoms with Gasteiger partial charge in [-0.3, -0.25) is 4.90 Å². The summed E-state index contributed by atoms with van der Waals surface area (Å²) in [6, 6.07) is 3.75. The Bertz CT molecular complexity index is 743. The van der Waals surface area contributed by atoms with Gasteiger partial charge in [0.25, 0.3) is 0 Å². The summed E-state index contributed by atoms with van der Waals surface area (Å²) in [6.07, 6.45) is 3.74. The summed E-state index contributed by atoms with van der Waals surface area (Å²) >= 11 is 0. The summed E-state index contributed by atoms with van der Waals surface area (Å²) in [6.45, 7) is 5.56. The van der Waals surface area contributed by atoms with E-state index in [1.165, 1.54) is 19.5 Å². The van der Waals surface area contributed by atoms with Gasteiger partial charge >= 0.3 is 0 Å². The largest absolute Gasteiger partial charge is 0.494 e. The summed E-state index contributed by atoms with van der Waals surface area (Å²) in [5.74, 6) is 0.684. The van der Waals surface area contributed by atoms with Crippen molar-refractivity contribution in [2.75, 3.05) is 51.4 Å². The van der Waals surface area contributed by atoms with Gasteiger partial charge in [-0.2, -0.15) is 0 Å². The van der Waals surface area contributed by atoms with Gasteiger partial charge in [0.2, 0.25) is 0 Å². The topological polar surface area (TPSA) is 50.7 Å². The number of hydrogen-bond acceptors (Lipinski definition) is 6. The van der Waals surface area contributed by atoms with Gasteiger partial charge in [0.05, 0.1) is 12.6 Å². The van der Waals surface area contributed by atoms with Crippen molar-refractivity contribution in [3.63, 3.8) is 0 Å². The minimum Gasteiger partial charge on any atom is -0.494 e. The van der Waals surface area contributed by atoms with E-state index in [1.54, 1.807) is 6.07 Å². The zero-order valence-corrected chi connectivity index (χ0v) is 14.4. The zero-order valence-electron chi connectivity index (χ0n) is 14.4. The van der Waals surface area contributed by atoms with Crippen LogP contribution in [0.25, 0.3) is 10.9 Å². The van der Waals surface area contributed by atoms with Crippen LogP contribution in [0.15, 0.2) is 18.5 Å². The molecule has 1 aromatic heterocycles. The van der Waals surface area contributed by atoms with Crippen molar-refractivity contribution in [3.8, 4) is 5.75 Å². The number of methoxy groups -OCH3 is 1. The molecule has 0 bridgehead atoms. The minimum atomic E-state index is -0.399. The van der Waals surface area contributed by atoms with Gasteiger partial charge in [0, 0.05) is 56.9 Å². The minimum absolute atomic E-state index is 0.226. The highest BCUT2D eigenvalue weighted by atomic mass is 19.1. The number of fused-ring (bicyclic) bond motifs is 1. The van der Waals surface area contributed by atoms with E-state index in [4.69, 9.17) is 9.47 Å². The summed E-state index contributed by atoms with van der Waals surface area (Å²) in [4.78, 5) is 13.5. The van der Waals surface area contributed by atoms with Crippen molar-refractivity contribution in [3.05, 3.63) is 24.3 Å². The fourth-order valence-corrected chi connectivity index (χ4v) is 3.80. The summed E-state index contributed by atoms with van der Waals surface area (Å²) in [5, 5.41) is 0.834. The van der Waals surface area contributed by atoms with Gasteiger partial charge in [-0.15, -0.1) is 0 Å². The second-order valence-corrected chi connectivity index (χ2v) is 6.57. The molecule has 0 amide bonds. The molecule has 0 radical (unpaired) electrons. The van der Waals surface area contributed by atoms with Crippen LogP contribution >= 0.6 is 0 Å². The lowest BCUT2D eigenvalue weighted by atomic mass is 10.1. The standard InChI is InChI=1S/C18H23FN4O2/c1-24-17-10-14-16(11-15(17)19)20-12-21-18(14)23-6-4-22(5-7-23)13-2-8-25-9-3-13/h10-13H,2-9H2,1H3. The van der Waals surface area contributed by atoms with E-state index in [2.05, 4.69) is 19.8 Å². The SMILES string of the molecule is COc1cc2c(N3CCN(C4CCOCC4)CC3)ncnc2cc1F. The summed E-state index contributed by atoms with van der Waals surface area (Å²) in [5.41, 5.74) is 0.607. The van der Waals surface area contributed by atoms with E-state index in [0.717, 1.165) is 63.4 Å². The fourth-order valence-electron chi connectivity index (χ4n) is 3.80. The van der Waals surface area contributed by atoms with Crippen LogP contribution in [0.5, 0.6) is 5.75 Å². The first-order valence-electron chi connectivity index (χ1n) is 8.81. The van der Waals surface area contributed by atoms with Gasteiger partial charge in [-0.05, 0) is 18.9 Å². The van der Waals surface area contributed by atoms with E-state index in [1.807, 2.05) is 0 Å². The van der Waals surface area contributed by atoms with Crippen LogP contribution in [0.1, 0.15) is 12.8 Å². The van der Waals surface area contributed by atoms with Crippen LogP contribution in [0, 0.1) is 5.82 Å². The molecule has 0 saturated carbocycles. The molecule has 3 heterocycles. The Morgan fingerprint density at radius 1 is 1.12 bits per heavy atom. The summed E-state index contributed by atoms with van der Waals surface area (Å²) in [7, 11) is 1.47. The number of benzene rings is 1. The van der Waals surface area contributed by atoms with Gasteiger partial charge in [0.15, 0.2) is 11.6 Å². The predicted octanol–water partition coefficient (Wildman–Crippen LogP) is 2.08. The van der Waals surface area contributed by atoms with Gasteiger partial charge in [-0.1, -0.05) is 0 Å². The Morgan fingerprint density at radius 2 is 1.88 bits per heavy atom. The van der Waals surface area contributed by atoms with Crippen LogP contribution in [-0.4, -0.2) is 67.4 Å². The number of rotatable bonds is 3. The van der Waals surface area contributed by atoms with Crippen LogP contribution in [-0.2, 0) is 4.74 Å². The average molecular weight is 346 g/mol. The first-order chi connectivity index (χ1) is 12.3. The summed E-state index contributed by atoms with van der Waals surface area (Å²) < 4.78 is 24.5. The first-order valence-corrected chi connectivity index (χ1v) is 8.81. The normalized spacial score (nSPS) is 20.2. The Kier molecular flexibility index (Phi) is 4.67. The number of nitrogens with zero attached hydrogens (tertiary/aromatic N) is 4. The third kappa shape index (κ3) is 3.26. The Labute approximate surface area is 146 Å². The molecule has 0 spiro atoms. The molecule has 0 unspecified atom stereocenters. The maximum Gasteiger partial charge on any atom is 0.167 e. The van der Waals surface area contributed by atoms with E-state index >= 15 is 0 Å². The monoisotopic (exact) mass is 346 g/mol. The predicted molar refractivity (Wildman–Crippen MR) is 93.7 cm³/mol. The van der Waals surface area contributed by atoms with Crippen molar-refractivity contribution in [1.29, 1.82) is 0 Å². The Morgan fingerprint density at radius 3 is 2.60 bits per heavy atom. The second kappa shape index (κ2) is 7.09. The number of anilines is 1. The van der Waals surface area contributed by atoms with Crippen molar-refractivity contribution in [1.82, 2.24) is 14.9 Å². The molecule has 2 saturated heterocycles. The smallest absolute Gasteiger partial charge is 0.167 e. The first kappa shape index (κ1) is 16.5. The Balaban J connectivity index is 1.54. The molecule has 134 valence electrons. The quantitative estimate of drug-likeness (QED) is 0.848. The molecule has 7 heteroatoms. The maximum absolute atomic E-state index is 13.9. The van der Waals surface area contributed by atoms with Crippen LogP contribution in [0.4, 0.5) is 10.2 Å². The van der Waals surface area contributed by atoms with E-state index in [0.29, 0.717) is 11.6 Å². The molecular formula is C18H23FN4O2.